The minimum Gasteiger partial charge on any atom is -0.872 e. The number of benzene rings is 3. The molecule has 0 atom stereocenters. The molecular weight excluding hydrogens is 232 g/mol. The van der Waals surface area contributed by atoms with Crippen molar-refractivity contribution >= 4 is 0 Å². The maximum Gasteiger partial charge on any atom is -0.0190 e. The summed E-state index contributed by atoms with van der Waals surface area (Å²) in [5.74, 6) is 0.0832. The Labute approximate surface area is 112 Å². The number of rotatable bonds is 2. The predicted octanol–water partition coefficient (Wildman–Crippen LogP) is 4.09. The second-order valence-electron chi connectivity index (χ2n) is 4.41. The summed E-state index contributed by atoms with van der Waals surface area (Å²) < 4.78 is 0. The van der Waals surface area contributed by atoms with Crippen molar-refractivity contribution in [2.24, 2.45) is 0 Å². The highest BCUT2D eigenvalue weighted by Crippen LogP contribution is 2.35. The van der Waals surface area contributed by atoms with E-state index in [0.717, 1.165) is 22.3 Å². The molecule has 0 N–H and O–H groups in total. The third-order valence-electron chi connectivity index (χ3n) is 3.18. The molecule has 3 rings (SSSR count). The molecule has 0 saturated heterocycles. The first kappa shape index (κ1) is 11.5. The Morgan fingerprint density at radius 1 is 0.474 bits per heavy atom. The summed E-state index contributed by atoms with van der Waals surface area (Å²) in [4.78, 5) is 0. The minimum atomic E-state index is 0.0832. The molecule has 0 unspecified atom stereocenters. The Kier molecular flexibility index (Phi) is 3.03. The van der Waals surface area contributed by atoms with Crippen LogP contribution in [0.3, 0.4) is 0 Å². The van der Waals surface area contributed by atoms with Crippen molar-refractivity contribution in [3.05, 3.63) is 78.9 Å². The molecule has 0 aliphatic heterocycles. The summed E-state index contributed by atoms with van der Waals surface area (Å²) >= 11 is 0. The van der Waals surface area contributed by atoms with Gasteiger partial charge in [-0.2, -0.15) is 0 Å². The standard InChI is InChI=1S/C18H14O/c19-18-16(14-8-3-1-4-9-14)12-7-13-17(18)15-10-5-2-6-11-15/h1-13,19H/p-1. The lowest BCUT2D eigenvalue weighted by molar-refractivity contribution is -0.266. The summed E-state index contributed by atoms with van der Waals surface area (Å²) in [5, 5.41) is 12.6. The van der Waals surface area contributed by atoms with Crippen LogP contribution in [0.15, 0.2) is 78.9 Å². The van der Waals surface area contributed by atoms with Crippen molar-refractivity contribution in [3.63, 3.8) is 0 Å². The van der Waals surface area contributed by atoms with Gasteiger partial charge in [-0.3, -0.25) is 0 Å². The van der Waals surface area contributed by atoms with Gasteiger partial charge in [0, 0.05) is 0 Å². The van der Waals surface area contributed by atoms with Crippen LogP contribution >= 0.6 is 0 Å². The van der Waals surface area contributed by atoms with Gasteiger partial charge in [0.2, 0.25) is 0 Å². The van der Waals surface area contributed by atoms with Gasteiger partial charge >= 0.3 is 0 Å². The Balaban J connectivity index is 2.15. The van der Waals surface area contributed by atoms with Gasteiger partial charge in [-0.1, -0.05) is 84.6 Å². The fraction of sp³-hybridized carbons (Fsp3) is 0. The van der Waals surface area contributed by atoms with E-state index in [1.165, 1.54) is 0 Å². The number of para-hydroxylation sites is 1. The highest BCUT2D eigenvalue weighted by atomic mass is 16.3. The summed E-state index contributed by atoms with van der Waals surface area (Å²) in [6.45, 7) is 0. The van der Waals surface area contributed by atoms with E-state index in [1.807, 2.05) is 78.9 Å². The van der Waals surface area contributed by atoms with E-state index in [4.69, 9.17) is 0 Å². The molecule has 0 radical (unpaired) electrons. The van der Waals surface area contributed by atoms with Crippen molar-refractivity contribution < 1.29 is 5.11 Å². The lowest BCUT2D eigenvalue weighted by Crippen LogP contribution is -1.96. The maximum absolute atomic E-state index is 12.6. The molecule has 0 saturated carbocycles. The van der Waals surface area contributed by atoms with Gasteiger partial charge in [-0.25, -0.2) is 0 Å². The molecule has 92 valence electrons. The van der Waals surface area contributed by atoms with Crippen LogP contribution in [0.25, 0.3) is 22.3 Å². The summed E-state index contributed by atoms with van der Waals surface area (Å²) in [5.41, 5.74) is 3.43. The minimum absolute atomic E-state index is 0.0832. The molecule has 0 fully saturated rings. The number of hydrogen-bond acceptors (Lipinski definition) is 1. The molecule has 3 aromatic rings. The normalized spacial score (nSPS) is 10.3. The van der Waals surface area contributed by atoms with E-state index < -0.39 is 0 Å². The second-order valence-corrected chi connectivity index (χ2v) is 4.41. The monoisotopic (exact) mass is 245 g/mol. The zero-order valence-electron chi connectivity index (χ0n) is 10.4. The van der Waals surface area contributed by atoms with Gasteiger partial charge in [0.1, 0.15) is 0 Å². The smallest absolute Gasteiger partial charge is 0.0190 e. The van der Waals surface area contributed by atoms with Crippen LogP contribution in [0.4, 0.5) is 0 Å². The van der Waals surface area contributed by atoms with Crippen LogP contribution in [-0.4, -0.2) is 0 Å². The van der Waals surface area contributed by atoms with E-state index >= 15 is 0 Å². The van der Waals surface area contributed by atoms with Crippen molar-refractivity contribution in [2.45, 2.75) is 0 Å². The highest BCUT2D eigenvalue weighted by Gasteiger charge is 2.03. The second kappa shape index (κ2) is 4.99. The van der Waals surface area contributed by atoms with Crippen LogP contribution < -0.4 is 5.11 Å². The zero-order chi connectivity index (χ0) is 13.1. The molecule has 3 aromatic carbocycles. The van der Waals surface area contributed by atoms with Crippen LogP contribution in [0, 0.1) is 0 Å². The molecule has 0 aliphatic rings. The lowest BCUT2D eigenvalue weighted by atomic mass is 9.97. The molecule has 0 amide bonds. The van der Waals surface area contributed by atoms with E-state index in [1.54, 1.807) is 0 Å². The lowest BCUT2D eigenvalue weighted by Gasteiger charge is -2.19. The van der Waals surface area contributed by atoms with Crippen molar-refractivity contribution in [2.75, 3.05) is 0 Å². The fourth-order valence-corrected chi connectivity index (χ4v) is 2.23. The van der Waals surface area contributed by atoms with Gasteiger partial charge in [0.25, 0.3) is 0 Å². The number of hydrogen-bond donors (Lipinski definition) is 0. The first-order valence-electron chi connectivity index (χ1n) is 6.27. The fourth-order valence-electron chi connectivity index (χ4n) is 2.23. The average molecular weight is 245 g/mol. The largest absolute Gasteiger partial charge is 0.872 e. The van der Waals surface area contributed by atoms with Gasteiger partial charge in [0.15, 0.2) is 0 Å². The quantitative estimate of drug-likeness (QED) is 0.666. The highest BCUT2D eigenvalue weighted by molar-refractivity contribution is 5.81. The third-order valence-corrected chi connectivity index (χ3v) is 3.18. The van der Waals surface area contributed by atoms with Crippen LogP contribution in [0.5, 0.6) is 5.75 Å². The van der Waals surface area contributed by atoms with E-state index in [2.05, 4.69) is 0 Å². The summed E-state index contributed by atoms with van der Waals surface area (Å²) in [7, 11) is 0. The Morgan fingerprint density at radius 2 is 0.895 bits per heavy atom. The van der Waals surface area contributed by atoms with Gasteiger partial charge in [0.05, 0.1) is 0 Å². The van der Waals surface area contributed by atoms with Crippen LogP contribution in [0.2, 0.25) is 0 Å². The van der Waals surface area contributed by atoms with E-state index in [9.17, 15) is 5.11 Å². The molecule has 1 nitrogen and oxygen atoms in total. The molecule has 0 aliphatic carbocycles. The van der Waals surface area contributed by atoms with Crippen molar-refractivity contribution in [3.8, 4) is 28.0 Å². The first-order valence-corrected chi connectivity index (χ1v) is 6.27. The van der Waals surface area contributed by atoms with Gasteiger partial charge < -0.3 is 5.11 Å². The average Bonchev–Trinajstić information content (AvgIpc) is 2.49. The van der Waals surface area contributed by atoms with Crippen molar-refractivity contribution in [1.29, 1.82) is 0 Å². The molecule has 0 heterocycles. The first-order chi connectivity index (χ1) is 9.36. The molecule has 19 heavy (non-hydrogen) atoms. The molecule has 0 spiro atoms. The Hall–Kier alpha value is -2.54. The third kappa shape index (κ3) is 2.23. The Morgan fingerprint density at radius 3 is 1.32 bits per heavy atom. The summed E-state index contributed by atoms with van der Waals surface area (Å²) in [6.07, 6.45) is 0. The molecule has 1 heteroatoms. The predicted molar refractivity (Wildman–Crippen MR) is 76.8 cm³/mol. The van der Waals surface area contributed by atoms with E-state index in [-0.39, 0.29) is 5.75 Å². The SMILES string of the molecule is [O-]c1c(-c2ccccc2)cccc1-c1ccccc1. The molecule has 0 bridgehead atoms. The van der Waals surface area contributed by atoms with E-state index in [0.29, 0.717) is 0 Å². The topological polar surface area (TPSA) is 23.1 Å². The van der Waals surface area contributed by atoms with Crippen molar-refractivity contribution in [1.82, 2.24) is 0 Å². The van der Waals surface area contributed by atoms with Crippen LogP contribution in [0.1, 0.15) is 0 Å². The summed E-state index contributed by atoms with van der Waals surface area (Å²) in [6, 6.07) is 25.3. The Bertz CT molecular complexity index is 615. The molecular formula is C18H13O-. The maximum atomic E-state index is 12.6. The van der Waals surface area contributed by atoms with Gasteiger partial charge in [-0.15, -0.1) is 0 Å². The zero-order valence-corrected chi connectivity index (χ0v) is 10.4. The van der Waals surface area contributed by atoms with Crippen LogP contribution in [-0.2, 0) is 0 Å². The molecule has 0 aromatic heterocycles. The van der Waals surface area contributed by atoms with Gasteiger partial charge in [-0.05, 0) is 22.3 Å².